The first-order chi connectivity index (χ1) is 33.9. The number of nitrogens with one attached hydrogen (secondary N) is 1. The number of carboxylic acid groups (broad SMARTS) is 4. The third-order valence-electron chi connectivity index (χ3n) is 12.1. The topological polar surface area (TPSA) is 255 Å². The Labute approximate surface area is 468 Å². The first-order valence-electron chi connectivity index (χ1n) is 23.8. The third-order valence-corrected chi connectivity index (χ3v) is 13.2. The zero-order chi connectivity index (χ0) is 52.1. The van der Waals surface area contributed by atoms with E-state index in [9.17, 15) is 58.8 Å². The normalized spacial score (nSPS) is 15.0. The molecule has 0 saturated carbocycles. The van der Waals surface area contributed by atoms with Crippen LogP contribution >= 0.6 is 36.2 Å². The van der Waals surface area contributed by atoms with E-state index in [0.717, 1.165) is 34.5 Å². The molecule has 1 aliphatic rings. The van der Waals surface area contributed by atoms with Crippen LogP contribution in [0.5, 0.6) is 0 Å². The first-order valence-corrected chi connectivity index (χ1v) is 26.0. The minimum atomic E-state index is -1.08. The van der Waals surface area contributed by atoms with Gasteiger partial charge in [0.2, 0.25) is 5.91 Å². The summed E-state index contributed by atoms with van der Waals surface area (Å²) < 4.78 is 0. The maximum atomic E-state index is 13.6. The molecule has 18 nitrogen and oxygen atoms in total. The second-order valence-electron chi connectivity index (χ2n) is 17.8. The van der Waals surface area contributed by atoms with Crippen LogP contribution in [-0.2, 0) is 46.4 Å². The Kier molecular flexibility index (Phi) is 32.3. The summed E-state index contributed by atoms with van der Waals surface area (Å²) in [6.45, 7) is 1.08. The van der Waals surface area contributed by atoms with Gasteiger partial charge in [-0.1, -0.05) is 55.4 Å². The Hall–Kier alpha value is -3.80. The van der Waals surface area contributed by atoms with Crippen molar-refractivity contribution in [3.05, 3.63) is 65.2 Å². The molecule has 0 unspecified atom stereocenters. The smallest absolute Gasteiger partial charge is 0.317 e. The van der Waals surface area contributed by atoms with Crippen molar-refractivity contribution in [2.75, 3.05) is 97.1 Å². The summed E-state index contributed by atoms with van der Waals surface area (Å²) in [7, 11) is 0. The van der Waals surface area contributed by atoms with E-state index >= 15 is 0 Å². The number of Topliss-reactive ketones (excluding diaryl/α,β-unsaturated/α-hetero) is 3. The number of hydrogen-bond acceptors (Lipinski definition) is 16. The fraction of sp³-hybridized carbons (Fsp3) is 0.560. The summed E-state index contributed by atoms with van der Waals surface area (Å²) in [4.78, 5) is 112. The largest absolute Gasteiger partial charge is 0.481 e. The molecule has 1 amide bonds. The maximum Gasteiger partial charge on any atom is 0.317 e. The van der Waals surface area contributed by atoms with Crippen LogP contribution in [0.2, 0.25) is 0 Å². The zero-order valence-electron chi connectivity index (χ0n) is 40.8. The van der Waals surface area contributed by atoms with Gasteiger partial charge < -0.3 is 25.7 Å². The van der Waals surface area contributed by atoms with Crippen LogP contribution < -0.4 is 5.32 Å². The molecule has 0 bridgehead atoms. The monoisotopic (exact) mass is 1200 g/mol. The molecule has 2 aromatic carbocycles. The molecule has 396 valence electrons. The number of isothiocyanates is 1. The van der Waals surface area contributed by atoms with E-state index < -0.39 is 47.4 Å². The van der Waals surface area contributed by atoms with Gasteiger partial charge >= 0.3 is 23.9 Å². The molecule has 72 heavy (non-hydrogen) atoms. The molecule has 1 fully saturated rings. The van der Waals surface area contributed by atoms with Gasteiger partial charge in [-0.15, -0.1) is 0 Å². The van der Waals surface area contributed by atoms with Crippen LogP contribution in [-0.4, -0.2) is 194 Å². The molecular weight excluding hydrogens is 1130 g/mol. The number of aliphatic imine (C=N–C) groups is 1. The number of unbranched alkanes of at least 4 members (excludes halogenated alkanes) is 2. The molecular formula is C50H68GdN6O12S3. The van der Waals surface area contributed by atoms with Gasteiger partial charge in [0.25, 0.3) is 0 Å². The van der Waals surface area contributed by atoms with Crippen molar-refractivity contribution in [1.29, 1.82) is 0 Å². The molecule has 2 atom stereocenters. The average Bonchev–Trinajstić information content (AvgIpc) is 3.31. The van der Waals surface area contributed by atoms with E-state index in [4.69, 9.17) is 12.2 Å². The number of amides is 1. The number of ketones is 3. The third kappa shape index (κ3) is 27.5. The number of thioether (sulfide) groups is 1. The standard InChI is InChI=1S/C50H68N6O12S3.Gd/c1-71-25-16-39(49(66)51-30-43(58)28-40(50(67)68)7-3-2-4-9-44(70)27-37-10-13-41(14-11-37)52-35-69)29-45(59)38-8-5-6-36(26-38)12-15-42(57)31-53-17-19-54(32-46(60)61)21-23-56(34-48(64)65)24-22-55(20-18-53)33-47(62)63;/h5-6,8,10-11,13-14,26,39-40H,2-4,7,9,12,15-25,27-34H2,1H3,(H,51,66)(H,60,61)(H,62,63)(H,64,65)(H,67,68);/t39-,40-;/m1./s1. The van der Waals surface area contributed by atoms with Crippen LogP contribution in [0, 0.1) is 51.8 Å². The van der Waals surface area contributed by atoms with Gasteiger partial charge in [0, 0.05) is 129 Å². The second kappa shape index (κ2) is 36.2. The Morgan fingerprint density at radius 3 is 1.75 bits per heavy atom. The van der Waals surface area contributed by atoms with Crippen molar-refractivity contribution < 1.29 is 98.7 Å². The Morgan fingerprint density at radius 1 is 0.681 bits per heavy atom. The van der Waals surface area contributed by atoms with Crippen LogP contribution in [0.3, 0.4) is 0 Å². The number of rotatable bonds is 32. The predicted molar refractivity (Wildman–Crippen MR) is 278 cm³/mol. The molecule has 1 heterocycles. The number of hydrogen-bond donors (Lipinski definition) is 5. The SMILES string of the molecule is CSCC[C@H](CC(=O)c1cccc(CCC(=O)CN2CCN(CC(=O)O)CCN(CC(=O)O)CCN(CC(=O)O)CC2)c1)C(=O)NCC(=O)C[C@@H](CCCCCC(=S)Cc1ccc(N=C=S)cc1)C(=O)O.[Gd]. The van der Waals surface area contributed by atoms with Crippen molar-refractivity contribution in [1.82, 2.24) is 24.9 Å². The van der Waals surface area contributed by atoms with Gasteiger partial charge in [-0.25, -0.2) is 0 Å². The summed E-state index contributed by atoms with van der Waals surface area (Å²) in [6.07, 6.45) is 6.16. The fourth-order valence-electron chi connectivity index (χ4n) is 8.16. The number of carbonyl (C=O) groups excluding carboxylic acids is 4. The maximum absolute atomic E-state index is 13.6. The summed E-state index contributed by atoms with van der Waals surface area (Å²) >= 11 is 11.7. The number of thiocarbonyl (C=S) groups is 2. The van der Waals surface area contributed by atoms with Crippen LogP contribution in [0.4, 0.5) is 5.69 Å². The molecule has 2 aromatic rings. The van der Waals surface area contributed by atoms with Crippen molar-refractivity contribution in [2.24, 2.45) is 16.8 Å². The molecule has 1 saturated heterocycles. The second-order valence-corrected chi connectivity index (χ2v) is 19.6. The van der Waals surface area contributed by atoms with Crippen LogP contribution in [0.25, 0.3) is 0 Å². The molecule has 22 heteroatoms. The molecule has 1 aliphatic heterocycles. The molecule has 0 aromatic heterocycles. The van der Waals surface area contributed by atoms with Gasteiger partial charge in [0.15, 0.2) is 11.6 Å². The number of benzene rings is 2. The molecule has 0 radical (unpaired) electrons. The minimum absolute atomic E-state index is 0. The van der Waals surface area contributed by atoms with Crippen molar-refractivity contribution >= 4 is 99.0 Å². The van der Waals surface area contributed by atoms with E-state index in [1.807, 2.05) is 35.4 Å². The van der Waals surface area contributed by atoms with E-state index in [1.165, 1.54) is 11.8 Å². The van der Waals surface area contributed by atoms with Crippen LogP contribution in [0.15, 0.2) is 53.5 Å². The van der Waals surface area contributed by atoms with E-state index in [1.54, 1.807) is 39.0 Å². The Balaban J connectivity index is 0.0000178. The minimum Gasteiger partial charge on any atom is -0.481 e. The average molecular weight is 1200 g/mol. The van der Waals surface area contributed by atoms with Crippen molar-refractivity contribution in [3.8, 4) is 0 Å². The number of nitrogens with zero attached hydrogens (tertiary/aromatic N) is 5. The molecule has 3 rings (SSSR count). The molecule has 5 N–H and O–H groups in total. The summed E-state index contributed by atoms with van der Waals surface area (Å²) in [5, 5.41) is 43.3. The van der Waals surface area contributed by atoms with Crippen molar-refractivity contribution in [3.63, 3.8) is 0 Å². The van der Waals surface area contributed by atoms with Gasteiger partial charge in [-0.2, -0.15) is 16.8 Å². The Bertz CT molecular complexity index is 2150. The van der Waals surface area contributed by atoms with Crippen molar-refractivity contribution in [2.45, 2.75) is 70.6 Å². The van der Waals surface area contributed by atoms with Gasteiger partial charge in [-0.3, -0.25) is 58.0 Å². The van der Waals surface area contributed by atoms with Crippen LogP contribution in [0.1, 0.15) is 79.3 Å². The fourth-order valence-corrected chi connectivity index (χ4v) is 9.10. The molecule has 0 spiro atoms. The number of carboxylic acids is 4. The summed E-state index contributed by atoms with van der Waals surface area (Å²) in [5.41, 5.74) is 2.88. The quantitative estimate of drug-likeness (QED) is 0.0289. The number of carbonyl (C=O) groups is 8. The number of aryl methyl sites for hydroxylation is 1. The molecule has 0 aliphatic carbocycles. The summed E-state index contributed by atoms with van der Waals surface area (Å²) in [6, 6.07) is 14.4. The van der Waals surface area contributed by atoms with E-state index in [-0.39, 0.29) is 143 Å². The van der Waals surface area contributed by atoms with Gasteiger partial charge in [0.1, 0.15) is 5.78 Å². The van der Waals surface area contributed by atoms with Gasteiger partial charge in [0.05, 0.1) is 49.5 Å². The zero-order valence-corrected chi connectivity index (χ0v) is 45.5. The Morgan fingerprint density at radius 2 is 1.24 bits per heavy atom. The predicted octanol–water partition coefficient (Wildman–Crippen LogP) is 4.68. The van der Waals surface area contributed by atoms with E-state index in [2.05, 4.69) is 27.7 Å². The summed E-state index contributed by atoms with van der Waals surface area (Å²) in [5.74, 6) is -6.54. The van der Waals surface area contributed by atoms with E-state index in [0.29, 0.717) is 62.9 Å². The number of aliphatic carboxylic acids is 4. The van der Waals surface area contributed by atoms with Gasteiger partial charge in [-0.05, 0) is 90.5 Å². The first kappa shape index (κ1) is 64.3.